The number of thioether (sulfide) groups is 1. The lowest BCUT2D eigenvalue weighted by molar-refractivity contribution is -0.155. The Balaban J connectivity index is 1.50. The molecule has 0 N–H and O–H groups in total. The van der Waals surface area contributed by atoms with E-state index in [4.69, 9.17) is 0 Å². The van der Waals surface area contributed by atoms with Crippen LogP contribution in [0.25, 0.3) is 0 Å². The minimum atomic E-state index is -3.40. The number of sulfone groups is 2. The molecule has 178 valence electrons. The maximum atomic E-state index is 12.8. The third kappa shape index (κ3) is 6.81. The van der Waals surface area contributed by atoms with E-state index in [-0.39, 0.29) is 45.3 Å². The number of hydrazine groups is 1. The number of hydrogen-bond acceptors (Lipinski definition) is 7. The van der Waals surface area contributed by atoms with Crippen molar-refractivity contribution in [3.63, 3.8) is 0 Å². The number of nitrogens with zero attached hydrogens (tertiary/aromatic N) is 2. The molecule has 0 unspecified atom stereocenters. The SMILES string of the molecule is CS(=O)(=O)c1ccc(CC(=O)N2CCCN2C(=O)CSCCS(=O)(=O)c2ccccc2)cc1. The first-order chi connectivity index (χ1) is 15.6. The summed E-state index contributed by atoms with van der Waals surface area (Å²) in [7, 11) is -6.70. The van der Waals surface area contributed by atoms with E-state index in [9.17, 15) is 26.4 Å². The van der Waals surface area contributed by atoms with Crippen LogP contribution in [0.2, 0.25) is 0 Å². The quantitative estimate of drug-likeness (QED) is 0.474. The van der Waals surface area contributed by atoms with Crippen LogP contribution in [0.5, 0.6) is 0 Å². The maximum Gasteiger partial charge on any atom is 0.251 e. The summed E-state index contributed by atoms with van der Waals surface area (Å²) in [4.78, 5) is 25.9. The van der Waals surface area contributed by atoms with Crippen molar-refractivity contribution in [3.05, 3.63) is 60.2 Å². The molecule has 0 saturated carbocycles. The summed E-state index contributed by atoms with van der Waals surface area (Å²) in [5.41, 5.74) is 0.659. The molecule has 0 spiro atoms. The van der Waals surface area contributed by atoms with Crippen LogP contribution < -0.4 is 0 Å². The predicted octanol–water partition coefficient (Wildman–Crippen LogP) is 1.82. The fourth-order valence-corrected chi connectivity index (χ4v) is 6.65. The second-order valence-electron chi connectivity index (χ2n) is 7.66. The molecule has 0 aliphatic carbocycles. The van der Waals surface area contributed by atoms with Gasteiger partial charge in [-0.05, 0) is 36.2 Å². The summed E-state index contributed by atoms with van der Waals surface area (Å²) in [6.45, 7) is 0.861. The molecule has 33 heavy (non-hydrogen) atoms. The van der Waals surface area contributed by atoms with Gasteiger partial charge < -0.3 is 0 Å². The van der Waals surface area contributed by atoms with E-state index in [1.807, 2.05) is 0 Å². The van der Waals surface area contributed by atoms with E-state index in [2.05, 4.69) is 0 Å². The van der Waals surface area contributed by atoms with E-state index >= 15 is 0 Å². The Morgan fingerprint density at radius 2 is 1.45 bits per heavy atom. The smallest absolute Gasteiger partial charge is 0.251 e. The van der Waals surface area contributed by atoms with Crippen molar-refractivity contribution >= 4 is 43.3 Å². The molecule has 2 aromatic carbocycles. The van der Waals surface area contributed by atoms with Gasteiger partial charge in [0.15, 0.2) is 19.7 Å². The highest BCUT2D eigenvalue weighted by atomic mass is 32.2. The molecule has 1 aliphatic rings. The van der Waals surface area contributed by atoms with Gasteiger partial charge >= 0.3 is 0 Å². The van der Waals surface area contributed by atoms with Crippen LogP contribution in [0, 0.1) is 0 Å². The van der Waals surface area contributed by atoms with E-state index in [1.54, 1.807) is 42.5 Å². The van der Waals surface area contributed by atoms with Gasteiger partial charge in [-0.2, -0.15) is 11.8 Å². The van der Waals surface area contributed by atoms with Crippen molar-refractivity contribution < 1.29 is 26.4 Å². The van der Waals surface area contributed by atoms with E-state index in [0.717, 1.165) is 6.26 Å². The van der Waals surface area contributed by atoms with Crippen LogP contribution >= 0.6 is 11.8 Å². The van der Waals surface area contributed by atoms with Gasteiger partial charge in [-0.25, -0.2) is 16.8 Å². The van der Waals surface area contributed by atoms with Gasteiger partial charge in [0.2, 0.25) is 5.91 Å². The van der Waals surface area contributed by atoms with Gasteiger partial charge in [0.1, 0.15) is 0 Å². The molecule has 2 aromatic rings. The Morgan fingerprint density at radius 1 is 0.848 bits per heavy atom. The second kappa shape index (κ2) is 10.7. The molecule has 8 nitrogen and oxygen atoms in total. The Hall–Kier alpha value is -2.37. The summed E-state index contributed by atoms with van der Waals surface area (Å²) in [5.74, 6) is -0.199. The Kier molecular flexibility index (Phi) is 8.19. The number of amides is 2. The van der Waals surface area contributed by atoms with E-state index in [0.29, 0.717) is 25.1 Å². The standard InChI is InChI=1S/C22H26N2O6S3/c1-32(27,28)19-10-8-18(9-11-19)16-21(25)23-12-5-13-24(23)22(26)17-31-14-15-33(29,30)20-6-3-2-4-7-20/h2-4,6-11H,5,12-17H2,1H3. The van der Waals surface area contributed by atoms with Crippen molar-refractivity contribution in [2.75, 3.05) is 36.6 Å². The second-order valence-corrected chi connectivity index (χ2v) is 12.9. The Labute approximate surface area is 198 Å². The average molecular weight is 511 g/mol. The van der Waals surface area contributed by atoms with Crippen LogP contribution in [0.3, 0.4) is 0 Å². The zero-order chi connectivity index (χ0) is 24.1. The van der Waals surface area contributed by atoms with Gasteiger partial charge in [-0.15, -0.1) is 0 Å². The maximum absolute atomic E-state index is 12.8. The minimum Gasteiger partial charge on any atom is -0.273 e. The fourth-order valence-electron chi connectivity index (χ4n) is 3.40. The van der Waals surface area contributed by atoms with Gasteiger partial charge in [0, 0.05) is 25.1 Å². The summed E-state index contributed by atoms with van der Waals surface area (Å²) < 4.78 is 47.8. The van der Waals surface area contributed by atoms with Gasteiger partial charge in [-0.3, -0.25) is 19.6 Å². The first kappa shape index (κ1) is 25.3. The van der Waals surface area contributed by atoms with Crippen LogP contribution in [0.4, 0.5) is 0 Å². The van der Waals surface area contributed by atoms with E-state index in [1.165, 1.54) is 33.9 Å². The monoisotopic (exact) mass is 510 g/mol. The van der Waals surface area contributed by atoms with Crippen LogP contribution in [-0.2, 0) is 35.7 Å². The van der Waals surface area contributed by atoms with E-state index < -0.39 is 19.7 Å². The topological polar surface area (TPSA) is 109 Å². The molecule has 1 fully saturated rings. The van der Waals surface area contributed by atoms with Crippen LogP contribution in [-0.4, -0.2) is 75.3 Å². The largest absolute Gasteiger partial charge is 0.273 e. The molecule has 1 aliphatic heterocycles. The van der Waals surface area contributed by atoms with Crippen molar-refractivity contribution in [3.8, 4) is 0 Å². The molecule has 1 saturated heterocycles. The lowest BCUT2D eigenvalue weighted by Gasteiger charge is -2.28. The van der Waals surface area contributed by atoms with Gasteiger partial charge in [0.25, 0.3) is 5.91 Å². The number of carbonyl (C=O) groups is 2. The molecule has 0 atom stereocenters. The zero-order valence-electron chi connectivity index (χ0n) is 18.2. The fraction of sp³-hybridized carbons (Fsp3) is 0.364. The first-order valence-corrected chi connectivity index (χ1v) is 15.0. The first-order valence-electron chi connectivity index (χ1n) is 10.3. The van der Waals surface area contributed by atoms with Crippen molar-refractivity contribution in [2.45, 2.75) is 22.6 Å². The summed E-state index contributed by atoms with van der Waals surface area (Å²) >= 11 is 1.23. The molecule has 3 rings (SSSR count). The number of benzene rings is 2. The highest BCUT2D eigenvalue weighted by Crippen LogP contribution is 2.18. The molecular formula is C22H26N2O6S3. The third-order valence-corrected chi connectivity index (χ3v) is 9.20. The summed E-state index contributed by atoms with van der Waals surface area (Å²) in [6, 6.07) is 14.3. The molecule has 0 bridgehead atoms. The Morgan fingerprint density at radius 3 is 2.06 bits per heavy atom. The summed E-state index contributed by atoms with van der Waals surface area (Å²) in [5, 5.41) is 2.85. The number of rotatable bonds is 9. The molecule has 1 heterocycles. The Bertz CT molecular complexity index is 1200. The highest BCUT2D eigenvalue weighted by molar-refractivity contribution is 8.01. The minimum absolute atomic E-state index is 0.0519. The van der Waals surface area contributed by atoms with Gasteiger partial charge in [0.05, 0.1) is 27.7 Å². The van der Waals surface area contributed by atoms with Gasteiger partial charge in [-0.1, -0.05) is 30.3 Å². The van der Waals surface area contributed by atoms with Crippen molar-refractivity contribution in [1.29, 1.82) is 0 Å². The molecular weight excluding hydrogens is 484 g/mol. The zero-order valence-corrected chi connectivity index (χ0v) is 20.7. The number of carbonyl (C=O) groups excluding carboxylic acids is 2. The molecule has 11 heteroatoms. The normalized spacial score (nSPS) is 14.5. The lowest BCUT2D eigenvalue weighted by Crippen LogP contribution is -2.46. The average Bonchev–Trinajstić information content (AvgIpc) is 3.27. The molecule has 0 aromatic heterocycles. The van der Waals surface area contributed by atoms with Crippen molar-refractivity contribution in [1.82, 2.24) is 10.0 Å². The van der Waals surface area contributed by atoms with Crippen molar-refractivity contribution in [2.24, 2.45) is 0 Å². The number of hydrogen-bond donors (Lipinski definition) is 0. The van der Waals surface area contributed by atoms with Crippen LogP contribution in [0.1, 0.15) is 12.0 Å². The molecule has 2 amide bonds. The molecule has 0 radical (unpaired) electrons. The lowest BCUT2D eigenvalue weighted by atomic mass is 10.1. The predicted molar refractivity (Wildman–Crippen MR) is 127 cm³/mol. The van der Waals surface area contributed by atoms with Crippen LogP contribution in [0.15, 0.2) is 64.4 Å². The third-order valence-electron chi connectivity index (χ3n) is 5.14. The summed E-state index contributed by atoms with van der Waals surface area (Å²) in [6.07, 6.45) is 1.84. The highest BCUT2D eigenvalue weighted by Gasteiger charge is 2.30.